The van der Waals surface area contributed by atoms with Crippen molar-refractivity contribution in [2.75, 3.05) is 0 Å². The van der Waals surface area contributed by atoms with Crippen molar-refractivity contribution in [2.45, 2.75) is 25.9 Å². The summed E-state index contributed by atoms with van der Waals surface area (Å²) < 4.78 is 0. The molecule has 0 aliphatic carbocycles. The zero-order valence-electron chi connectivity index (χ0n) is 8.90. The lowest BCUT2D eigenvalue weighted by atomic mass is 9.81. The molecule has 0 aliphatic heterocycles. The van der Waals surface area contributed by atoms with Crippen molar-refractivity contribution in [1.82, 2.24) is 0 Å². The van der Waals surface area contributed by atoms with E-state index in [1.807, 2.05) is 44.2 Å². The van der Waals surface area contributed by atoms with Gasteiger partial charge in [0.05, 0.1) is 5.60 Å². The van der Waals surface area contributed by atoms with E-state index in [0.29, 0.717) is 6.42 Å². The minimum absolute atomic E-state index is 0.183. The van der Waals surface area contributed by atoms with E-state index < -0.39 is 5.60 Å². The van der Waals surface area contributed by atoms with Crippen molar-refractivity contribution >= 4 is 0 Å². The van der Waals surface area contributed by atoms with Crippen LogP contribution in [0.1, 0.15) is 25.8 Å². The summed E-state index contributed by atoms with van der Waals surface area (Å²) in [5.74, 6) is 0.183. The average Bonchev–Trinajstić information content (AvgIpc) is 2.19. The molecule has 0 aromatic heterocycles. The van der Waals surface area contributed by atoms with Crippen LogP contribution in [0.2, 0.25) is 0 Å². The van der Waals surface area contributed by atoms with Crippen LogP contribution in [-0.4, -0.2) is 5.11 Å². The fourth-order valence-electron chi connectivity index (χ4n) is 1.63. The number of rotatable bonds is 4. The molecule has 1 heteroatoms. The summed E-state index contributed by atoms with van der Waals surface area (Å²) in [6.07, 6.45) is 2.36. The van der Waals surface area contributed by atoms with Crippen LogP contribution >= 0.6 is 0 Å². The van der Waals surface area contributed by atoms with Gasteiger partial charge in [-0.05, 0) is 17.9 Å². The third-order valence-corrected chi connectivity index (χ3v) is 2.68. The summed E-state index contributed by atoms with van der Waals surface area (Å²) in [5, 5.41) is 10.5. The van der Waals surface area contributed by atoms with Gasteiger partial charge in [0.1, 0.15) is 0 Å². The van der Waals surface area contributed by atoms with Gasteiger partial charge in [-0.2, -0.15) is 0 Å². The summed E-state index contributed by atoms with van der Waals surface area (Å²) in [6.45, 7) is 7.74. The minimum Gasteiger partial charge on any atom is -0.385 e. The molecule has 76 valence electrons. The lowest BCUT2D eigenvalue weighted by molar-refractivity contribution is -0.00732. The minimum atomic E-state index is -0.775. The highest BCUT2D eigenvalue weighted by Crippen LogP contribution is 2.32. The van der Waals surface area contributed by atoms with Crippen molar-refractivity contribution in [3.8, 4) is 0 Å². The largest absolute Gasteiger partial charge is 0.385 e. The van der Waals surface area contributed by atoms with E-state index in [2.05, 4.69) is 6.58 Å². The van der Waals surface area contributed by atoms with Crippen LogP contribution in [-0.2, 0) is 5.60 Å². The SMILES string of the molecule is C=CC[C@](O)(c1ccccc1)C(C)C. The van der Waals surface area contributed by atoms with Crippen molar-refractivity contribution in [3.05, 3.63) is 48.6 Å². The fraction of sp³-hybridized carbons (Fsp3) is 0.385. The van der Waals surface area contributed by atoms with Gasteiger partial charge >= 0.3 is 0 Å². The zero-order chi connectivity index (χ0) is 10.6. The van der Waals surface area contributed by atoms with Gasteiger partial charge in [-0.15, -0.1) is 6.58 Å². The molecule has 0 spiro atoms. The molecule has 0 fully saturated rings. The Morgan fingerprint density at radius 3 is 2.36 bits per heavy atom. The van der Waals surface area contributed by atoms with Crippen LogP contribution in [0.4, 0.5) is 0 Å². The van der Waals surface area contributed by atoms with Crippen molar-refractivity contribution < 1.29 is 5.11 Å². The Labute approximate surface area is 86.1 Å². The van der Waals surface area contributed by atoms with Gasteiger partial charge in [0.25, 0.3) is 0 Å². The maximum Gasteiger partial charge on any atom is 0.0953 e. The van der Waals surface area contributed by atoms with Gasteiger partial charge in [0.2, 0.25) is 0 Å². The molecule has 14 heavy (non-hydrogen) atoms. The second-order valence-corrected chi connectivity index (χ2v) is 3.94. The smallest absolute Gasteiger partial charge is 0.0953 e. The number of hydrogen-bond donors (Lipinski definition) is 1. The highest BCUT2D eigenvalue weighted by atomic mass is 16.3. The van der Waals surface area contributed by atoms with Crippen LogP contribution in [0, 0.1) is 5.92 Å². The van der Waals surface area contributed by atoms with Gasteiger partial charge in [0.15, 0.2) is 0 Å². The third-order valence-electron chi connectivity index (χ3n) is 2.68. The molecule has 1 nitrogen and oxygen atoms in total. The van der Waals surface area contributed by atoms with Gasteiger partial charge in [-0.1, -0.05) is 50.3 Å². The molecule has 0 radical (unpaired) electrons. The standard InChI is InChI=1S/C13H18O/c1-4-10-13(14,11(2)3)12-8-6-5-7-9-12/h4-9,11,14H,1,10H2,2-3H3/t13-/m1/s1. The van der Waals surface area contributed by atoms with Gasteiger partial charge in [0, 0.05) is 0 Å². The summed E-state index contributed by atoms with van der Waals surface area (Å²) in [6, 6.07) is 9.78. The first-order valence-corrected chi connectivity index (χ1v) is 5.00. The van der Waals surface area contributed by atoms with Crippen LogP contribution in [0.5, 0.6) is 0 Å². The molecule has 0 aliphatic rings. The fourth-order valence-corrected chi connectivity index (χ4v) is 1.63. The molecule has 0 heterocycles. The first kappa shape index (κ1) is 11.0. The highest BCUT2D eigenvalue weighted by molar-refractivity contribution is 5.23. The Morgan fingerprint density at radius 2 is 1.93 bits per heavy atom. The number of aliphatic hydroxyl groups is 1. The molecule has 0 saturated heterocycles. The maximum absolute atomic E-state index is 10.5. The topological polar surface area (TPSA) is 20.2 Å². The third kappa shape index (κ3) is 2.05. The molecule has 1 rings (SSSR count). The molecule has 1 aromatic rings. The molecular formula is C13H18O. The second-order valence-electron chi connectivity index (χ2n) is 3.94. The van der Waals surface area contributed by atoms with Crippen LogP contribution in [0.3, 0.4) is 0 Å². The van der Waals surface area contributed by atoms with E-state index in [0.717, 1.165) is 5.56 Å². The van der Waals surface area contributed by atoms with E-state index in [4.69, 9.17) is 0 Å². The molecule has 1 aromatic carbocycles. The van der Waals surface area contributed by atoms with Gasteiger partial charge in [-0.25, -0.2) is 0 Å². The van der Waals surface area contributed by atoms with E-state index in [9.17, 15) is 5.11 Å². The summed E-state index contributed by atoms with van der Waals surface area (Å²) >= 11 is 0. The van der Waals surface area contributed by atoms with Crippen LogP contribution < -0.4 is 0 Å². The highest BCUT2D eigenvalue weighted by Gasteiger charge is 2.31. The Bertz CT molecular complexity index is 289. The van der Waals surface area contributed by atoms with Gasteiger partial charge in [-0.3, -0.25) is 0 Å². The Balaban J connectivity index is 3.05. The molecule has 1 atom stereocenters. The Hall–Kier alpha value is -1.08. The predicted octanol–water partition coefficient (Wildman–Crippen LogP) is 3.11. The molecule has 0 unspecified atom stereocenters. The van der Waals surface area contributed by atoms with Crippen molar-refractivity contribution in [3.63, 3.8) is 0 Å². The van der Waals surface area contributed by atoms with Gasteiger partial charge < -0.3 is 5.11 Å². The predicted molar refractivity (Wildman–Crippen MR) is 60.0 cm³/mol. The molecule has 0 amide bonds. The van der Waals surface area contributed by atoms with Crippen molar-refractivity contribution in [1.29, 1.82) is 0 Å². The molecular weight excluding hydrogens is 172 g/mol. The number of hydrogen-bond acceptors (Lipinski definition) is 1. The Kier molecular flexibility index (Phi) is 3.48. The first-order chi connectivity index (χ1) is 6.61. The second kappa shape index (κ2) is 4.43. The lowest BCUT2D eigenvalue weighted by Gasteiger charge is -2.31. The maximum atomic E-state index is 10.5. The van der Waals surface area contributed by atoms with E-state index in [1.54, 1.807) is 6.08 Å². The summed E-state index contributed by atoms with van der Waals surface area (Å²) in [4.78, 5) is 0. The molecule has 1 N–H and O–H groups in total. The average molecular weight is 190 g/mol. The Morgan fingerprint density at radius 1 is 1.36 bits per heavy atom. The van der Waals surface area contributed by atoms with E-state index in [-0.39, 0.29) is 5.92 Å². The van der Waals surface area contributed by atoms with Crippen LogP contribution in [0.15, 0.2) is 43.0 Å². The van der Waals surface area contributed by atoms with E-state index >= 15 is 0 Å². The summed E-state index contributed by atoms with van der Waals surface area (Å²) in [7, 11) is 0. The summed E-state index contributed by atoms with van der Waals surface area (Å²) in [5.41, 5.74) is 0.193. The zero-order valence-corrected chi connectivity index (χ0v) is 8.90. The monoisotopic (exact) mass is 190 g/mol. The number of benzene rings is 1. The first-order valence-electron chi connectivity index (χ1n) is 5.00. The lowest BCUT2D eigenvalue weighted by Crippen LogP contribution is -2.31. The van der Waals surface area contributed by atoms with Crippen molar-refractivity contribution in [2.24, 2.45) is 5.92 Å². The van der Waals surface area contributed by atoms with Crippen LogP contribution in [0.25, 0.3) is 0 Å². The molecule has 0 bridgehead atoms. The normalized spacial score (nSPS) is 15.1. The van der Waals surface area contributed by atoms with E-state index in [1.165, 1.54) is 0 Å². The quantitative estimate of drug-likeness (QED) is 0.723. The molecule has 0 saturated carbocycles.